The number of aromatic amines is 1. The number of rotatable bonds is 4. The van der Waals surface area contributed by atoms with Gasteiger partial charge in [-0.25, -0.2) is 4.98 Å². The van der Waals surface area contributed by atoms with E-state index in [1.807, 2.05) is 0 Å². The molecule has 2 N–H and O–H groups in total. The van der Waals surface area contributed by atoms with Crippen LogP contribution in [0.1, 0.15) is 41.2 Å². The number of alkyl halides is 2. The molecule has 0 unspecified atom stereocenters. The highest BCUT2D eigenvalue weighted by molar-refractivity contribution is 5.90. The van der Waals surface area contributed by atoms with E-state index in [2.05, 4.69) is 25.3 Å². The molecule has 10 heteroatoms. The smallest absolute Gasteiger partial charge is 0.342 e. The van der Waals surface area contributed by atoms with E-state index in [0.29, 0.717) is 16.6 Å². The number of nitriles is 1. The zero-order valence-electron chi connectivity index (χ0n) is 15.7. The first-order valence-electron chi connectivity index (χ1n) is 8.56. The van der Waals surface area contributed by atoms with Crippen molar-refractivity contribution in [2.75, 3.05) is 0 Å². The highest BCUT2D eigenvalue weighted by Gasteiger charge is 2.45. The predicted octanol–water partition coefficient (Wildman–Crippen LogP) is 2.17. The van der Waals surface area contributed by atoms with Gasteiger partial charge in [-0.05, 0) is 32.4 Å². The second kappa shape index (κ2) is 7.35. The minimum Gasteiger partial charge on any atom is -0.342 e. The van der Waals surface area contributed by atoms with Crippen LogP contribution in [0, 0.1) is 25.2 Å². The fourth-order valence-corrected chi connectivity index (χ4v) is 3.10. The third-order valence-corrected chi connectivity index (χ3v) is 4.54. The number of fused-ring (bicyclic) bond motifs is 1. The van der Waals surface area contributed by atoms with E-state index in [1.165, 1.54) is 38.5 Å². The summed E-state index contributed by atoms with van der Waals surface area (Å²) >= 11 is 0. The fraction of sp³-hybridized carbons (Fsp3) is 0.263. The molecule has 3 heterocycles. The summed E-state index contributed by atoms with van der Waals surface area (Å²) in [7, 11) is 0. The van der Waals surface area contributed by atoms with E-state index in [4.69, 9.17) is 5.26 Å². The van der Waals surface area contributed by atoms with Gasteiger partial charge in [0.25, 0.3) is 11.5 Å². The summed E-state index contributed by atoms with van der Waals surface area (Å²) in [5.74, 6) is -5.74. The Morgan fingerprint density at radius 2 is 2.00 bits per heavy atom. The van der Waals surface area contributed by atoms with Crippen LogP contribution in [0.25, 0.3) is 10.9 Å². The minimum absolute atomic E-state index is 0.0136. The zero-order chi connectivity index (χ0) is 21.3. The van der Waals surface area contributed by atoms with Gasteiger partial charge in [0.15, 0.2) is 5.69 Å². The summed E-state index contributed by atoms with van der Waals surface area (Å²) in [6.45, 7) is 4.43. The first kappa shape index (κ1) is 20.0. The fourth-order valence-electron chi connectivity index (χ4n) is 3.10. The van der Waals surface area contributed by atoms with Crippen molar-refractivity contribution in [1.29, 1.82) is 5.26 Å². The summed E-state index contributed by atoms with van der Waals surface area (Å²) in [5.41, 5.74) is -0.933. The topological polar surface area (TPSA) is 124 Å². The number of amides is 1. The second-order valence-electron chi connectivity index (χ2n) is 6.48. The maximum absolute atomic E-state index is 15.0. The minimum atomic E-state index is -4.09. The molecule has 0 fully saturated rings. The summed E-state index contributed by atoms with van der Waals surface area (Å²) in [6, 6.07) is 2.37. The summed E-state index contributed by atoms with van der Waals surface area (Å²) < 4.78 is 30.0. The third kappa shape index (κ3) is 3.54. The maximum Gasteiger partial charge on any atom is 0.355 e. The van der Waals surface area contributed by atoms with Crippen LogP contribution < -0.4 is 10.9 Å². The molecule has 0 bridgehead atoms. The van der Waals surface area contributed by atoms with Gasteiger partial charge in [-0.2, -0.15) is 14.0 Å². The highest BCUT2D eigenvalue weighted by Crippen LogP contribution is 2.32. The zero-order valence-corrected chi connectivity index (χ0v) is 15.7. The quantitative estimate of drug-likeness (QED) is 0.694. The Morgan fingerprint density at radius 1 is 1.28 bits per heavy atom. The van der Waals surface area contributed by atoms with Crippen LogP contribution in [0.2, 0.25) is 0 Å². The van der Waals surface area contributed by atoms with Crippen molar-refractivity contribution < 1.29 is 13.6 Å². The molecule has 29 heavy (non-hydrogen) atoms. The van der Waals surface area contributed by atoms with Crippen LogP contribution in [-0.2, 0) is 10.7 Å². The Kier molecular flexibility index (Phi) is 5.07. The lowest BCUT2D eigenvalue weighted by Crippen LogP contribution is -2.43. The number of hydrogen-bond acceptors (Lipinski definition) is 6. The van der Waals surface area contributed by atoms with Gasteiger partial charge in [-0.15, -0.1) is 0 Å². The molecule has 3 rings (SSSR count). The second-order valence-corrected chi connectivity index (χ2v) is 6.48. The lowest BCUT2D eigenvalue weighted by atomic mass is 9.98. The number of aromatic nitrogens is 4. The average Bonchev–Trinajstić information content (AvgIpc) is 2.67. The molecule has 3 aromatic rings. The summed E-state index contributed by atoms with van der Waals surface area (Å²) in [4.78, 5) is 38.9. The van der Waals surface area contributed by atoms with Gasteiger partial charge in [0.2, 0.25) is 0 Å². The molecule has 0 aromatic carbocycles. The van der Waals surface area contributed by atoms with Crippen molar-refractivity contribution in [3.05, 3.63) is 63.2 Å². The molecule has 0 aliphatic rings. The van der Waals surface area contributed by atoms with Crippen LogP contribution in [0.4, 0.5) is 8.78 Å². The Morgan fingerprint density at radius 3 is 2.62 bits per heavy atom. The van der Waals surface area contributed by atoms with Gasteiger partial charge in [0.05, 0.1) is 35.2 Å². The number of H-pyrrole nitrogens is 1. The van der Waals surface area contributed by atoms with E-state index in [-0.39, 0.29) is 17.0 Å². The van der Waals surface area contributed by atoms with Gasteiger partial charge >= 0.3 is 5.92 Å². The molecular formula is C19H16F2N6O2. The first-order chi connectivity index (χ1) is 13.7. The maximum atomic E-state index is 15.0. The standard InChI is InChI=1S/C19H16F2N6O2/c1-9-15-11(3)23-5-4-13(15)27-17(28)16(9)19(20,21)18(29)26-10(2)14-8-24-12(6-22)7-25-14/h4-5,7-8,10H,1-3H3,(H,26,29)(H,27,28)/t10-/m0/s1. The Labute approximate surface area is 163 Å². The lowest BCUT2D eigenvalue weighted by molar-refractivity contribution is -0.148. The van der Waals surface area contributed by atoms with Crippen molar-refractivity contribution in [2.24, 2.45) is 0 Å². The van der Waals surface area contributed by atoms with Crippen LogP contribution in [0.3, 0.4) is 0 Å². The number of nitrogens with zero attached hydrogens (tertiary/aromatic N) is 4. The van der Waals surface area contributed by atoms with E-state index in [0.717, 1.165) is 0 Å². The molecule has 0 saturated carbocycles. The number of carbonyl (C=O) groups excluding carboxylic acids is 1. The van der Waals surface area contributed by atoms with Gasteiger partial charge in [0, 0.05) is 17.3 Å². The molecular weight excluding hydrogens is 382 g/mol. The lowest BCUT2D eigenvalue weighted by Gasteiger charge is -2.21. The average molecular weight is 398 g/mol. The van der Waals surface area contributed by atoms with Crippen molar-refractivity contribution >= 4 is 16.8 Å². The highest BCUT2D eigenvalue weighted by atomic mass is 19.3. The SMILES string of the molecule is Cc1nccc2[nH]c(=O)c(C(F)(F)C(=O)N[C@@H](C)c3cnc(C#N)cn3)c(C)c12. The van der Waals surface area contributed by atoms with E-state index in [9.17, 15) is 18.4 Å². The van der Waals surface area contributed by atoms with Crippen molar-refractivity contribution in [2.45, 2.75) is 32.7 Å². The molecule has 1 amide bonds. The summed E-state index contributed by atoms with van der Waals surface area (Å²) in [5, 5.41) is 11.2. The molecule has 1 atom stereocenters. The van der Waals surface area contributed by atoms with Crippen LogP contribution in [0.15, 0.2) is 29.5 Å². The predicted molar refractivity (Wildman–Crippen MR) is 99.0 cm³/mol. The largest absolute Gasteiger partial charge is 0.355 e. The van der Waals surface area contributed by atoms with Crippen molar-refractivity contribution in [1.82, 2.24) is 25.3 Å². The van der Waals surface area contributed by atoms with E-state index >= 15 is 0 Å². The number of nitrogens with one attached hydrogen (secondary N) is 2. The number of halogens is 2. The molecule has 0 radical (unpaired) electrons. The Balaban J connectivity index is 1.97. The number of aryl methyl sites for hydroxylation is 2. The number of hydrogen-bond donors (Lipinski definition) is 2. The van der Waals surface area contributed by atoms with Crippen LogP contribution in [-0.4, -0.2) is 25.8 Å². The van der Waals surface area contributed by atoms with Crippen molar-refractivity contribution in [3.63, 3.8) is 0 Å². The number of pyridine rings is 2. The molecule has 0 saturated heterocycles. The van der Waals surface area contributed by atoms with Crippen LogP contribution >= 0.6 is 0 Å². The van der Waals surface area contributed by atoms with Gasteiger partial charge in [0.1, 0.15) is 6.07 Å². The Hall–Kier alpha value is -3.74. The molecule has 148 valence electrons. The monoisotopic (exact) mass is 398 g/mol. The third-order valence-electron chi connectivity index (χ3n) is 4.54. The van der Waals surface area contributed by atoms with Crippen molar-refractivity contribution in [3.8, 4) is 6.07 Å². The van der Waals surface area contributed by atoms with Gasteiger partial charge in [-0.3, -0.25) is 19.6 Å². The van der Waals surface area contributed by atoms with Gasteiger partial charge < -0.3 is 10.3 Å². The first-order valence-corrected chi connectivity index (χ1v) is 8.56. The van der Waals surface area contributed by atoms with Crippen LogP contribution in [0.5, 0.6) is 0 Å². The Bertz CT molecular complexity index is 1200. The summed E-state index contributed by atoms with van der Waals surface area (Å²) in [6.07, 6.45) is 3.84. The molecule has 0 aliphatic heterocycles. The molecule has 0 aliphatic carbocycles. The number of carbonyl (C=O) groups is 1. The molecule has 0 spiro atoms. The normalized spacial score (nSPS) is 12.4. The van der Waals surface area contributed by atoms with Gasteiger partial charge in [-0.1, -0.05) is 0 Å². The molecule has 3 aromatic heterocycles. The molecule has 8 nitrogen and oxygen atoms in total. The van der Waals surface area contributed by atoms with E-state index < -0.39 is 29.0 Å². The van der Waals surface area contributed by atoms with E-state index in [1.54, 1.807) is 13.0 Å².